The molecule has 0 aliphatic carbocycles. The van der Waals surface area contributed by atoms with Gasteiger partial charge in [0, 0.05) is 19.1 Å². The van der Waals surface area contributed by atoms with Crippen LogP contribution in [0.5, 0.6) is 0 Å². The van der Waals surface area contributed by atoms with Crippen molar-refractivity contribution < 1.29 is 14.3 Å². The van der Waals surface area contributed by atoms with Gasteiger partial charge >= 0.3 is 0 Å². The number of benzene rings is 1. The van der Waals surface area contributed by atoms with Gasteiger partial charge in [0.25, 0.3) is 5.91 Å². The highest BCUT2D eigenvalue weighted by Crippen LogP contribution is 2.18. The summed E-state index contributed by atoms with van der Waals surface area (Å²) in [6.45, 7) is 1.09. The highest BCUT2D eigenvalue weighted by atomic mass is 16.5. The molecule has 20 heavy (non-hydrogen) atoms. The van der Waals surface area contributed by atoms with Gasteiger partial charge in [-0.15, -0.1) is 4.91 Å². The minimum atomic E-state index is -0.569. The molecule has 0 aromatic heterocycles. The number of nitroso groups, excluding NO2 is 1. The number of hydrazine groups is 1. The van der Waals surface area contributed by atoms with E-state index in [1.54, 1.807) is 12.1 Å². The van der Waals surface area contributed by atoms with Crippen LogP contribution in [0.4, 0.5) is 5.69 Å². The van der Waals surface area contributed by atoms with E-state index in [-0.39, 0.29) is 23.1 Å². The van der Waals surface area contributed by atoms with Gasteiger partial charge in [0.1, 0.15) is 5.69 Å². The normalized spacial score (nSPS) is 15.4. The summed E-state index contributed by atoms with van der Waals surface area (Å²) in [6, 6.07) is 6.12. The van der Waals surface area contributed by atoms with Gasteiger partial charge in [0.15, 0.2) is 0 Å². The second-order valence-corrected chi connectivity index (χ2v) is 4.44. The Morgan fingerprint density at radius 1 is 1.15 bits per heavy atom. The predicted molar refractivity (Wildman–Crippen MR) is 71.0 cm³/mol. The van der Waals surface area contributed by atoms with Gasteiger partial charge in [-0.05, 0) is 30.2 Å². The van der Waals surface area contributed by atoms with E-state index >= 15 is 0 Å². The molecule has 7 nitrogen and oxygen atoms in total. The number of ether oxygens (including phenoxy) is 1. The minimum Gasteiger partial charge on any atom is -0.381 e. The molecule has 2 rings (SSSR count). The molecule has 7 heteroatoms. The van der Waals surface area contributed by atoms with Gasteiger partial charge in [-0.1, -0.05) is 12.1 Å². The maximum absolute atomic E-state index is 11.9. The van der Waals surface area contributed by atoms with Crippen LogP contribution in [0.2, 0.25) is 0 Å². The SMILES string of the molecule is O=Nc1ccccc1C(=O)NNC(=O)C1CCOCC1. The Bertz CT molecular complexity index is 512. The van der Waals surface area contributed by atoms with Crippen molar-refractivity contribution in [3.63, 3.8) is 0 Å². The molecular formula is C13H15N3O4. The topological polar surface area (TPSA) is 96.9 Å². The molecule has 1 aromatic carbocycles. The van der Waals surface area contributed by atoms with Crippen LogP contribution < -0.4 is 10.9 Å². The lowest BCUT2D eigenvalue weighted by Gasteiger charge is -2.21. The number of rotatable bonds is 3. The largest absolute Gasteiger partial charge is 0.381 e. The molecule has 0 spiro atoms. The van der Waals surface area contributed by atoms with E-state index in [0.717, 1.165) is 0 Å². The molecule has 0 bridgehead atoms. The second-order valence-electron chi connectivity index (χ2n) is 4.44. The number of amides is 2. The fourth-order valence-corrected chi connectivity index (χ4v) is 1.99. The summed E-state index contributed by atoms with van der Waals surface area (Å²) in [5.74, 6) is -0.984. The summed E-state index contributed by atoms with van der Waals surface area (Å²) in [5.41, 5.74) is 4.81. The van der Waals surface area contributed by atoms with E-state index in [9.17, 15) is 14.5 Å². The average Bonchev–Trinajstić information content (AvgIpc) is 2.53. The predicted octanol–water partition coefficient (Wildman–Crippen LogP) is 1.27. The summed E-state index contributed by atoms with van der Waals surface area (Å²) >= 11 is 0. The quantitative estimate of drug-likeness (QED) is 0.642. The van der Waals surface area contributed by atoms with Crippen molar-refractivity contribution in [3.05, 3.63) is 34.7 Å². The first-order valence-corrected chi connectivity index (χ1v) is 6.32. The van der Waals surface area contributed by atoms with Gasteiger partial charge in [-0.2, -0.15) is 0 Å². The number of hydrogen-bond donors (Lipinski definition) is 2. The summed E-state index contributed by atoms with van der Waals surface area (Å²) in [6.07, 6.45) is 1.27. The van der Waals surface area contributed by atoms with Crippen LogP contribution >= 0.6 is 0 Å². The number of carbonyl (C=O) groups is 2. The summed E-state index contributed by atoms with van der Waals surface area (Å²) in [4.78, 5) is 34.3. The van der Waals surface area contributed by atoms with E-state index in [1.807, 2.05) is 0 Å². The first kappa shape index (κ1) is 14.1. The van der Waals surface area contributed by atoms with Crippen molar-refractivity contribution >= 4 is 17.5 Å². The van der Waals surface area contributed by atoms with Crippen LogP contribution in [0.3, 0.4) is 0 Å². The standard InChI is InChI=1S/C13H15N3O4/c17-12(9-5-7-20-8-6-9)14-15-13(18)10-3-1-2-4-11(10)16-19/h1-4,9H,5-8H2,(H,14,17)(H,15,18). The fraction of sp³-hybridized carbons (Fsp3) is 0.385. The van der Waals surface area contributed by atoms with Crippen LogP contribution in [-0.2, 0) is 9.53 Å². The molecule has 1 heterocycles. The zero-order chi connectivity index (χ0) is 14.4. The average molecular weight is 277 g/mol. The molecule has 2 amide bonds. The lowest BCUT2D eigenvalue weighted by molar-refractivity contribution is -0.128. The zero-order valence-electron chi connectivity index (χ0n) is 10.8. The van der Waals surface area contributed by atoms with Gasteiger partial charge in [0.05, 0.1) is 5.56 Å². The number of nitrogens with one attached hydrogen (secondary N) is 2. The van der Waals surface area contributed by atoms with Crippen molar-refractivity contribution in [1.82, 2.24) is 10.9 Å². The van der Waals surface area contributed by atoms with E-state index < -0.39 is 5.91 Å². The van der Waals surface area contributed by atoms with Crippen molar-refractivity contribution in [2.24, 2.45) is 11.1 Å². The molecule has 1 fully saturated rings. The maximum Gasteiger partial charge on any atom is 0.272 e. The molecule has 1 aromatic rings. The minimum absolute atomic E-state index is 0.0327. The molecule has 0 radical (unpaired) electrons. The third-order valence-electron chi connectivity index (χ3n) is 3.14. The summed E-state index contributed by atoms with van der Waals surface area (Å²) in [5, 5.41) is 2.77. The second kappa shape index (κ2) is 6.76. The monoisotopic (exact) mass is 277 g/mol. The Balaban J connectivity index is 1.91. The van der Waals surface area contributed by atoms with Crippen LogP contribution in [0.1, 0.15) is 23.2 Å². The molecule has 1 saturated heterocycles. The lowest BCUT2D eigenvalue weighted by atomic mass is 10.00. The maximum atomic E-state index is 11.9. The van der Waals surface area contributed by atoms with Crippen LogP contribution in [0.25, 0.3) is 0 Å². The molecule has 1 aliphatic rings. The first-order chi connectivity index (χ1) is 9.72. The molecule has 106 valence electrons. The van der Waals surface area contributed by atoms with Gasteiger partial charge in [-0.25, -0.2) is 0 Å². The molecule has 0 unspecified atom stereocenters. The summed E-state index contributed by atoms with van der Waals surface area (Å²) in [7, 11) is 0. The van der Waals surface area contributed by atoms with Crippen molar-refractivity contribution in [3.8, 4) is 0 Å². The summed E-state index contributed by atoms with van der Waals surface area (Å²) < 4.78 is 5.16. The van der Waals surface area contributed by atoms with E-state index in [4.69, 9.17) is 4.74 Å². The number of hydrogen-bond acceptors (Lipinski definition) is 5. The van der Waals surface area contributed by atoms with Crippen molar-refractivity contribution in [2.75, 3.05) is 13.2 Å². The van der Waals surface area contributed by atoms with Gasteiger partial charge in [-0.3, -0.25) is 20.4 Å². The van der Waals surface area contributed by atoms with E-state index in [0.29, 0.717) is 26.1 Å². The smallest absolute Gasteiger partial charge is 0.272 e. The highest BCUT2D eigenvalue weighted by Gasteiger charge is 2.22. The van der Waals surface area contributed by atoms with E-state index in [1.165, 1.54) is 12.1 Å². The molecule has 0 saturated carbocycles. The van der Waals surface area contributed by atoms with Crippen LogP contribution in [0.15, 0.2) is 29.4 Å². The lowest BCUT2D eigenvalue weighted by Crippen LogP contribution is -2.45. The van der Waals surface area contributed by atoms with Crippen LogP contribution in [0, 0.1) is 10.8 Å². The third kappa shape index (κ3) is 3.39. The highest BCUT2D eigenvalue weighted by molar-refractivity contribution is 5.99. The zero-order valence-corrected chi connectivity index (χ0v) is 10.8. The first-order valence-electron chi connectivity index (χ1n) is 6.32. The molecule has 0 atom stereocenters. The van der Waals surface area contributed by atoms with E-state index in [2.05, 4.69) is 16.0 Å². The molecule has 2 N–H and O–H groups in total. The number of carbonyl (C=O) groups excluding carboxylic acids is 2. The molecule has 1 aliphatic heterocycles. The number of nitrogens with zero attached hydrogens (tertiary/aromatic N) is 1. The Labute approximate surface area is 115 Å². The Kier molecular flexibility index (Phi) is 4.78. The fourth-order valence-electron chi connectivity index (χ4n) is 1.99. The van der Waals surface area contributed by atoms with Crippen molar-refractivity contribution in [1.29, 1.82) is 0 Å². The Morgan fingerprint density at radius 2 is 1.85 bits per heavy atom. The Morgan fingerprint density at radius 3 is 2.55 bits per heavy atom. The third-order valence-corrected chi connectivity index (χ3v) is 3.14. The van der Waals surface area contributed by atoms with Crippen molar-refractivity contribution in [2.45, 2.75) is 12.8 Å². The van der Waals surface area contributed by atoms with Crippen LogP contribution in [-0.4, -0.2) is 25.0 Å². The van der Waals surface area contributed by atoms with Gasteiger partial charge < -0.3 is 4.74 Å². The molecular weight excluding hydrogens is 262 g/mol. The Hall–Kier alpha value is -2.28. The van der Waals surface area contributed by atoms with Gasteiger partial charge in [0.2, 0.25) is 5.91 Å².